The number of rotatable bonds is 10. The lowest BCUT2D eigenvalue weighted by molar-refractivity contribution is -0.387. The van der Waals surface area contributed by atoms with E-state index in [0.29, 0.717) is 5.75 Å². The number of fused-ring (bicyclic) bond motifs is 1. The average molecular weight is 549 g/mol. The molecular formula is C27H24N4O7S. The van der Waals surface area contributed by atoms with E-state index in [4.69, 9.17) is 9.47 Å². The Morgan fingerprint density at radius 2 is 1.72 bits per heavy atom. The molecule has 0 spiro atoms. The quantitative estimate of drug-likeness (QED) is 0.179. The summed E-state index contributed by atoms with van der Waals surface area (Å²) in [5, 5.41) is 17.5. The van der Waals surface area contributed by atoms with Crippen molar-refractivity contribution in [2.24, 2.45) is 5.10 Å². The molecule has 0 aliphatic heterocycles. The van der Waals surface area contributed by atoms with E-state index in [0.717, 1.165) is 32.8 Å². The van der Waals surface area contributed by atoms with Crippen LogP contribution in [0, 0.1) is 10.1 Å². The first-order valence-electron chi connectivity index (χ1n) is 11.5. The van der Waals surface area contributed by atoms with Gasteiger partial charge in [0.1, 0.15) is 18.0 Å². The maximum atomic E-state index is 13.8. The van der Waals surface area contributed by atoms with E-state index in [9.17, 15) is 23.3 Å². The van der Waals surface area contributed by atoms with Crippen LogP contribution < -0.4 is 19.2 Å². The van der Waals surface area contributed by atoms with Gasteiger partial charge in [0.05, 0.1) is 31.0 Å². The highest BCUT2D eigenvalue weighted by molar-refractivity contribution is 7.93. The number of sulfonamides is 1. The molecular weight excluding hydrogens is 524 g/mol. The van der Waals surface area contributed by atoms with Gasteiger partial charge in [0, 0.05) is 17.7 Å². The second-order valence-electron chi connectivity index (χ2n) is 8.14. The largest absolute Gasteiger partial charge is 0.497 e. The van der Waals surface area contributed by atoms with Gasteiger partial charge in [-0.15, -0.1) is 0 Å². The molecule has 39 heavy (non-hydrogen) atoms. The number of ether oxygens (including phenoxy) is 2. The lowest BCUT2D eigenvalue weighted by atomic mass is 10.1. The number of para-hydroxylation sites is 1. The Labute approximate surface area is 224 Å². The molecule has 0 bridgehead atoms. The van der Waals surface area contributed by atoms with E-state index in [1.54, 1.807) is 0 Å². The van der Waals surface area contributed by atoms with E-state index in [1.165, 1.54) is 50.8 Å². The minimum absolute atomic E-state index is 0.0235. The number of nitrogens with zero attached hydrogens (tertiary/aromatic N) is 3. The number of hydrogen-bond donors (Lipinski definition) is 1. The third-order valence-electron chi connectivity index (χ3n) is 5.79. The van der Waals surface area contributed by atoms with Gasteiger partial charge in [0.25, 0.3) is 21.6 Å². The number of methoxy groups -OCH3 is 2. The molecule has 1 N–H and O–H groups in total. The molecule has 4 rings (SSSR count). The third-order valence-corrected chi connectivity index (χ3v) is 7.60. The number of amides is 1. The van der Waals surface area contributed by atoms with Crippen molar-refractivity contribution in [1.82, 2.24) is 5.43 Å². The van der Waals surface area contributed by atoms with Crippen LogP contribution in [0.1, 0.15) is 5.56 Å². The van der Waals surface area contributed by atoms with Gasteiger partial charge in [0.15, 0.2) is 4.90 Å². The smallest absolute Gasteiger partial charge is 0.289 e. The van der Waals surface area contributed by atoms with Gasteiger partial charge in [0.2, 0.25) is 0 Å². The van der Waals surface area contributed by atoms with Crippen LogP contribution in [0.3, 0.4) is 0 Å². The maximum absolute atomic E-state index is 13.8. The molecule has 0 aliphatic carbocycles. The molecule has 0 atom stereocenters. The number of hydrazone groups is 1. The monoisotopic (exact) mass is 548 g/mol. The summed E-state index contributed by atoms with van der Waals surface area (Å²) in [5.41, 5.74) is 2.43. The molecule has 200 valence electrons. The third kappa shape index (κ3) is 5.80. The minimum Gasteiger partial charge on any atom is -0.497 e. The Morgan fingerprint density at radius 3 is 2.46 bits per heavy atom. The Balaban J connectivity index is 1.69. The molecule has 0 fully saturated rings. The Morgan fingerprint density at radius 1 is 1.00 bits per heavy atom. The summed E-state index contributed by atoms with van der Waals surface area (Å²) < 4.78 is 38.8. The van der Waals surface area contributed by atoms with Crippen LogP contribution in [-0.4, -0.2) is 46.2 Å². The van der Waals surface area contributed by atoms with Crippen LogP contribution in [0.5, 0.6) is 11.5 Å². The average Bonchev–Trinajstić information content (AvgIpc) is 2.95. The first-order valence-corrected chi connectivity index (χ1v) is 13.0. The molecule has 12 heteroatoms. The van der Waals surface area contributed by atoms with Crippen molar-refractivity contribution in [3.05, 3.63) is 101 Å². The normalized spacial score (nSPS) is 11.3. The molecule has 11 nitrogen and oxygen atoms in total. The second kappa shape index (κ2) is 11.6. The molecule has 1 amide bonds. The van der Waals surface area contributed by atoms with Crippen molar-refractivity contribution in [1.29, 1.82) is 0 Å². The summed E-state index contributed by atoms with van der Waals surface area (Å²) in [6.45, 7) is -0.746. The standard InChI is InChI=1S/C27H24N4O7S/c1-37-21-14-15-23(25(16-21)38-2)30(39(35,36)26-13-6-5-12-24(26)31(33)34)18-27(32)29-28-17-20-10-7-9-19-8-3-4-11-22(19)20/h3-17H,18H2,1-2H3,(H,29,32)/b28-17-. The molecule has 0 unspecified atom stereocenters. The summed E-state index contributed by atoms with van der Waals surface area (Å²) in [4.78, 5) is 23.2. The van der Waals surface area contributed by atoms with Gasteiger partial charge >= 0.3 is 0 Å². The van der Waals surface area contributed by atoms with Gasteiger partial charge in [-0.25, -0.2) is 13.8 Å². The van der Waals surface area contributed by atoms with E-state index in [1.807, 2.05) is 42.5 Å². The van der Waals surface area contributed by atoms with Crippen molar-refractivity contribution in [3.8, 4) is 11.5 Å². The summed E-state index contributed by atoms with van der Waals surface area (Å²) >= 11 is 0. The first-order chi connectivity index (χ1) is 18.8. The molecule has 0 aliphatic rings. The Bertz CT molecular complexity index is 1670. The van der Waals surface area contributed by atoms with Crippen LogP contribution in [0.15, 0.2) is 94.9 Å². The number of anilines is 1. The molecule has 0 heterocycles. The fourth-order valence-electron chi connectivity index (χ4n) is 3.94. The molecule has 4 aromatic carbocycles. The number of nitrogens with one attached hydrogen (secondary N) is 1. The second-order valence-corrected chi connectivity index (χ2v) is 9.97. The number of nitro benzene ring substituents is 1. The van der Waals surface area contributed by atoms with Crippen LogP contribution in [0.25, 0.3) is 10.8 Å². The number of benzene rings is 4. The van der Waals surface area contributed by atoms with Crippen molar-refractivity contribution in [3.63, 3.8) is 0 Å². The zero-order valence-electron chi connectivity index (χ0n) is 21.0. The van der Waals surface area contributed by atoms with Crippen LogP contribution in [0.4, 0.5) is 11.4 Å². The lowest BCUT2D eigenvalue weighted by Gasteiger charge is -2.25. The highest BCUT2D eigenvalue weighted by atomic mass is 32.2. The summed E-state index contributed by atoms with van der Waals surface area (Å²) in [5.74, 6) is -0.335. The number of hydrogen-bond acceptors (Lipinski definition) is 8. The summed E-state index contributed by atoms with van der Waals surface area (Å²) in [6.07, 6.45) is 1.45. The molecule has 4 aromatic rings. The van der Waals surface area contributed by atoms with Gasteiger partial charge in [-0.1, -0.05) is 54.6 Å². The molecule has 0 saturated heterocycles. The fraction of sp³-hybridized carbons (Fsp3) is 0.111. The number of carbonyl (C=O) groups is 1. The van der Waals surface area contributed by atoms with Gasteiger partial charge in [-0.3, -0.25) is 19.2 Å². The van der Waals surface area contributed by atoms with E-state index < -0.39 is 38.0 Å². The summed E-state index contributed by atoms with van der Waals surface area (Å²) in [7, 11) is -1.87. The van der Waals surface area contributed by atoms with Crippen molar-refractivity contribution >= 4 is 44.3 Å². The van der Waals surface area contributed by atoms with Gasteiger partial charge in [-0.2, -0.15) is 5.10 Å². The minimum atomic E-state index is -4.62. The highest BCUT2D eigenvalue weighted by Crippen LogP contribution is 2.37. The van der Waals surface area contributed by atoms with Gasteiger partial charge < -0.3 is 9.47 Å². The fourth-order valence-corrected chi connectivity index (χ4v) is 5.53. The highest BCUT2D eigenvalue weighted by Gasteiger charge is 2.34. The van der Waals surface area contributed by atoms with Crippen molar-refractivity contribution in [2.45, 2.75) is 4.90 Å². The van der Waals surface area contributed by atoms with Crippen molar-refractivity contribution in [2.75, 3.05) is 25.1 Å². The summed E-state index contributed by atoms with van der Waals surface area (Å²) in [6, 6.07) is 22.5. The van der Waals surface area contributed by atoms with Crippen LogP contribution in [-0.2, 0) is 14.8 Å². The van der Waals surface area contributed by atoms with E-state index >= 15 is 0 Å². The molecule has 0 aromatic heterocycles. The van der Waals surface area contributed by atoms with Crippen LogP contribution >= 0.6 is 0 Å². The van der Waals surface area contributed by atoms with Crippen LogP contribution in [0.2, 0.25) is 0 Å². The number of carbonyl (C=O) groups excluding carboxylic acids is 1. The lowest BCUT2D eigenvalue weighted by Crippen LogP contribution is -2.40. The zero-order valence-corrected chi connectivity index (χ0v) is 21.8. The molecule has 0 radical (unpaired) electrons. The topological polar surface area (TPSA) is 140 Å². The molecule has 0 saturated carbocycles. The zero-order chi connectivity index (χ0) is 28.0. The Hall–Kier alpha value is -4.97. The number of nitro groups is 1. The van der Waals surface area contributed by atoms with Gasteiger partial charge in [-0.05, 0) is 29.0 Å². The SMILES string of the molecule is COc1ccc(N(CC(=O)N/N=C\c2cccc3ccccc23)S(=O)(=O)c2ccccc2[N+](=O)[O-])c(OC)c1. The Kier molecular flexibility index (Phi) is 8.06. The van der Waals surface area contributed by atoms with E-state index in [2.05, 4.69) is 10.5 Å². The van der Waals surface area contributed by atoms with E-state index in [-0.39, 0.29) is 11.4 Å². The first kappa shape index (κ1) is 27.1. The maximum Gasteiger partial charge on any atom is 0.289 e. The predicted octanol–water partition coefficient (Wildman–Crippen LogP) is 4.11. The van der Waals surface area contributed by atoms with Crippen molar-refractivity contribution < 1.29 is 27.6 Å². The predicted molar refractivity (Wildman–Crippen MR) is 147 cm³/mol.